The van der Waals surface area contributed by atoms with Gasteiger partial charge in [0.2, 0.25) is 0 Å². The number of hydrogen-bond donors (Lipinski definition) is 2. The minimum Gasteiger partial charge on any atom is -0.384 e. The zero-order valence-electron chi connectivity index (χ0n) is 10.3. The van der Waals surface area contributed by atoms with Crippen LogP contribution >= 0.6 is 34.8 Å². The van der Waals surface area contributed by atoms with Crippen LogP contribution < -0.4 is 0 Å². The molecule has 0 aliphatic carbocycles. The fraction of sp³-hybridized carbons (Fsp3) is 0.0769. The smallest absolute Gasteiger partial charge is 0.294 e. The lowest BCUT2D eigenvalue weighted by molar-refractivity contribution is 0.217. The van der Waals surface area contributed by atoms with Crippen molar-refractivity contribution in [3.63, 3.8) is 0 Å². The maximum Gasteiger partial charge on any atom is 0.294 e. The molecule has 1 atom stereocenters. The molecule has 4 nitrogen and oxygen atoms in total. The quantitative estimate of drug-likeness (QED) is 0.636. The first-order valence-corrected chi connectivity index (χ1v) is 8.18. The van der Waals surface area contributed by atoms with Crippen molar-refractivity contribution in [1.29, 1.82) is 0 Å². The lowest BCUT2D eigenvalue weighted by Crippen LogP contribution is -2.09. The number of rotatable bonds is 3. The van der Waals surface area contributed by atoms with E-state index in [4.69, 9.17) is 34.8 Å². The largest absolute Gasteiger partial charge is 0.384 e. The molecule has 2 N–H and O–H groups in total. The van der Waals surface area contributed by atoms with Crippen LogP contribution in [-0.2, 0) is 10.1 Å². The van der Waals surface area contributed by atoms with Crippen LogP contribution in [0.4, 0.5) is 0 Å². The van der Waals surface area contributed by atoms with E-state index in [1.807, 2.05) is 0 Å². The number of benzene rings is 2. The van der Waals surface area contributed by atoms with Crippen LogP contribution in [0.25, 0.3) is 0 Å². The van der Waals surface area contributed by atoms with Gasteiger partial charge in [0, 0.05) is 11.1 Å². The van der Waals surface area contributed by atoms with E-state index in [9.17, 15) is 18.1 Å². The van der Waals surface area contributed by atoms with E-state index < -0.39 is 21.1 Å². The Morgan fingerprint density at radius 3 is 2.14 bits per heavy atom. The second kappa shape index (κ2) is 6.12. The molecule has 0 aliphatic heterocycles. The van der Waals surface area contributed by atoms with Gasteiger partial charge in [-0.15, -0.1) is 0 Å². The van der Waals surface area contributed by atoms with E-state index in [2.05, 4.69) is 0 Å². The van der Waals surface area contributed by atoms with Crippen LogP contribution in [0.1, 0.15) is 17.2 Å². The van der Waals surface area contributed by atoms with E-state index in [0.29, 0.717) is 0 Å². The van der Waals surface area contributed by atoms with Crippen LogP contribution in [-0.4, -0.2) is 18.1 Å². The number of hydrogen-bond acceptors (Lipinski definition) is 3. The molecule has 2 aromatic carbocycles. The van der Waals surface area contributed by atoms with Crippen molar-refractivity contribution >= 4 is 44.9 Å². The Morgan fingerprint density at radius 1 is 0.905 bits per heavy atom. The van der Waals surface area contributed by atoms with Gasteiger partial charge in [-0.25, -0.2) is 0 Å². The fourth-order valence-corrected chi connectivity index (χ4v) is 3.24. The summed E-state index contributed by atoms with van der Waals surface area (Å²) >= 11 is 17.7. The molecule has 0 fully saturated rings. The first kappa shape index (κ1) is 16.5. The second-order valence-electron chi connectivity index (χ2n) is 4.18. The number of halogens is 3. The molecule has 0 bridgehead atoms. The average Bonchev–Trinajstić information content (AvgIpc) is 2.43. The molecule has 0 amide bonds. The van der Waals surface area contributed by atoms with Crippen molar-refractivity contribution in [2.45, 2.75) is 11.0 Å². The summed E-state index contributed by atoms with van der Waals surface area (Å²) in [5.41, 5.74) is 0.169. The van der Waals surface area contributed by atoms with Crippen molar-refractivity contribution < 1.29 is 18.1 Å². The van der Waals surface area contributed by atoms with Gasteiger partial charge < -0.3 is 5.11 Å². The van der Waals surface area contributed by atoms with E-state index in [-0.39, 0.29) is 26.2 Å². The average molecular weight is 368 g/mol. The van der Waals surface area contributed by atoms with E-state index in [1.54, 1.807) is 0 Å². The lowest BCUT2D eigenvalue weighted by Gasteiger charge is -2.16. The third kappa shape index (κ3) is 3.34. The Kier molecular flexibility index (Phi) is 4.82. The SMILES string of the molecule is O=S(=O)(O)c1ccccc1C(O)c1ccc(Cl)c(Cl)c1Cl. The van der Waals surface area contributed by atoms with Gasteiger partial charge in [0.25, 0.3) is 10.1 Å². The summed E-state index contributed by atoms with van der Waals surface area (Å²) in [5, 5.41) is 10.6. The fourth-order valence-electron chi connectivity index (χ4n) is 1.86. The first-order valence-electron chi connectivity index (χ1n) is 5.61. The van der Waals surface area contributed by atoms with Gasteiger partial charge in [-0.3, -0.25) is 4.55 Å². The van der Waals surface area contributed by atoms with E-state index >= 15 is 0 Å². The summed E-state index contributed by atoms with van der Waals surface area (Å²) in [6, 6.07) is 8.37. The maximum absolute atomic E-state index is 11.4. The summed E-state index contributed by atoms with van der Waals surface area (Å²) in [6.07, 6.45) is -1.38. The topological polar surface area (TPSA) is 74.6 Å². The monoisotopic (exact) mass is 366 g/mol. The molecule has 21 heavy (non-hydrogen) atoms. The Bertz CT molecular complexity index is 790. The molecular weight excluding hydrogens is 359 g/mol. The van der Waals surface area contributed by atoms with Crippen molar-refractivity contribution in [3.05, 3.63) is 62.6 Å². The summed E-state index contributed by atoms with van der Waals surface area (Å²) in [7, 11) is -4.48. The van der Waals surface area contributed by atoms with E-state index in [0.717, 1.165) is 0 Å². The lowest BCUT2D eigenvalue weighted by atomic mass is 10.0. The maximum atomic E-state index is 11.4. The minimum absolute atomic E-state index is 0.0136. The van der Waals surface area contributed by atoms with Crippen LogP contribution in [0, 0.1) is 0 Å². The third-order valence-electron chi connectivity index (χ3n) is 2.85. The Morgan fingerprint density at radius 2 is 1.52 bits per heavy atom. The highest BCUT2D eigenvalue weighted by Gasteiger charge is 2.24. The van der Waals surface area contributed by atoms with Crippen molar-refractivity contribution in [2.75, 3.05) is 0 Å². The molecule has 0 heterocycles. The molecule has 2 aromatic rings. The Balaban J connectivity index is 2.62. The summed E-state index contributed by atoms with van der Waals surface area (Å²) < 4.78 is 31.9. The molecule has 1 unspecified atom stereocenters. The van der Waals surface area contributed by atoms with Crippen LogP contribution in [0.2, 0.25) is 15.1 Å². The predicted octanol–water partition coefficient (Wildman–Crippen LogP) is 3.98. The van der Waals surface area contributed by atoms with Gasteiger partial charge in [0.1, 0.15) is 6.10 Å². The van der Waals surface area contributed by atoms with Crippen LogP contribution in [0.15, 0.2) is 41.3 Å². The molecule has 0 aromatic heterocycles. The zero-order chi connectivity index (χ0) is 15.8. The molecule has 0 spiro atoms. The molecule has 2 rings (SSSR count). The molecule has 0 saturated carbocycles. The van der Waals surface area contributed by atoms with E-state index in [1.165, 1.54) is 36.4 Å². The summed E-state index contributed by atoms with van der Waals surface area (Å²) in [6.45, 7) is 0. The molecule has 0 aliphatic rings. The molecule has 112 valence electrons. The Hall–Kier alpha value is -0.820. The second-order valence-corrected chi connectivity index (χ2v) is 6.73. The molecule has 8 heteroatoms. The number of aliphatic hydroxyl groups excluding tert-OH is 1. The predicted molar refractivity (Wildman–Crippen MR) is 81.8 cm³/mol. The van der Waals surface area contributed by atoms with Crippen LogP contribution in [0.3, 0.4) is 0 Å². The number of aliphatic hydroxyl groups is 1. The highest BCUT2D eigenvalue weighted by atomic mass is 35.5. The van der Waals surface area contributed by atoms with Crippen molar-refractivity contribution in [2.24, 2.45) is 0 Å². The standard InChI is InChI=1S/C13H9Cl3O4S/c14-9-6-5-8(11(15)12(9)16)13(17)7-3-1-2-4-10(7)21(18,19)20/h1-6,13,17H,(H,18,19,20). The first-order chi connectivity index (χ1) is 9.73. The molecular formula is C13H9Cl3O4S. The van der Waals surface area contributed by atoms with Gasteiger partial charge in [0.05, 0.1) is 20.0 Å². The Labute approximate surface area is 136 Å². The normalized spacial score (nSPS) is 13.2. The highest BCUT2D eigenvalue weighted by Crippen LogP contribution is 2.38. The van der Waals surface area contributed by atoms with Gasteiger partial charge in [-0.05, 0) is 12.1 Å². The van der Waals surface area contributed by atoms with Gasteiger partial charge in [-0.1, -0.05) is 59.1 Å². The van der Waals surface area contributed by atoms with Gasteiger partial charge in [-0.2, -0.15) is 8.42 Å². The van der Waals surface area contributed by atoms with Crippen LogP contribution in [0.5, 0.6) is 0 Å². The zero-order valence-corrected chi connectivity index (χ0v) is 13.4. The summed E-state index contributed by atoms with van der Waals surface area (Å²) in [4.78, 5) is -0.403. The van der Waals surface area contributed by atoms with Crippen molar-refractivity contribution in [1.82, 2.24) is 0 Å². The summed E-state index contributed by atoms with van der Waals surface area (Å²) in [5.74, 6) is 0. The third-order valence-corrected chi connectivity index (χ3v) is 5.09. The molecule has 0 radical (unpaired) electrons. The van der Waals surface area contributed by atoms with Gasteiger partial charge >= 0.3 is 0 Å². The highest BCUT2D eigenvalue weighted by molar-refractivity contribution is 7.85. The minimum atomic E-state index is -4.48. The molecule has 0 saturated heterocycles. The van der Waals surface area contributed by atoms with Crippen molar-refractivity contribution in [3.8, 4) is 0 Å². The van der Waals surface area contributed by atoms with Gasteiger partial charge in [0.15, 0.2) is 0 Å².